The first-order valence-corrected chi connectivity index (χ1v) is 12.6. The summed E-state index contributed by atoms with van der Waals surface area (Å²) in [6.07, 6.45) is 13.0. The van der Waals surface area contributed by atoms with Crippen molar-refractivity contribution in [3.05, 3.63) is 36.0 Å². The summed E-state index contributed by atoms with van der Waals surface area (Å²) >= 11 is 0. The van der Waals surface area contributed by atoms with Crippen LogP contribution in [0.1, 0.15) is 74.1 Å². The maximum absolute atomic E-state index is 12.0. The number of hydrogen-bond acceptors (Lipinski definition) is 5. The van der Waals surface area contributed by atoms with Gasteiger partial charge in [-0.2, -0.15) is 0 Å². The van der Waals surface area contributed by atoms with E-state index in [2.05, 4.69) is 44.3 Å². The lowest BCUT2D eigenvalue weighted by atomic mass is 9.88. The fourth-order valence-corrected chi connectivity index (χ4v) is 4.60. The average molecular weight is 464 g/mol. The molecule has 0 saturated carbocycles. The molecule has 188 valence electrons. The summed E-state index contributed by atoms with van der Waals surface area (Å²) in [7, 11) is 0. The summed E-state index contributed by atoms with van der Waals surface area (Å²) in [6.45, 7) is 14.8. The molecular weight excluding hydrogens is 418 g/mol. The number of hydrogen-bond donors (Lipinski definition) is 2. The first kappa shape index (κ1) is 27.8. The molecule has 1 spiro atoms. The molecule has 3 aliphatic heterocycles. The van der Waals surface area contributed by atoms with Crippen LogP contribution < -0.4 is 5.32 Å². The number of allylic oxidation sites excluding steroid dienone is 2. The minimum Gasteiger partial charge on any atom is -0.389 e. The van der Waals surface area contributed by atoms with Crippen molar-refractivity contribution in [2.75, 3.05) is 6.61 Å². The summed E-state index contributed by atoms with van der Waals surface area (Å²) in [5, 5.41) is 12.3. The van der Waals surface area contributed by atoms with Crippen LogP contribution in [0.4, 0.5) is 0 Å². The minimum atomic E-state index is -0.630. The second-order valence-corrected chi connectivity index (χ2v) is 9.54. The molecule has 2 N–H and O–H groups in total. The molecule has 6 heteroatoms. The molecule has 33 heavy (non-hydrogen) atoms. The zero-order chi connectivity index (χ0) is 24.6. The smallest absolute Gasteiger partial charge is 0.244 e. The van der Waals surface area contributed by atoms with E-state index >= 15 is 0 Å². The number of nitrogens with one attached hydrogen (secondary N) is 1. The number of aliphatic hydroxyl groups excluding tert-OH is 1. The Labute approximate surface area is 200 Å². The van der Waals surface area contributed by atoms with Crippen LogP contribution in [0.25, 0.3) is 0 Å². The fraction of sp³-hybridized carbons (Fsp3) is 0.741. The SMILES string of the molecule is CC.CC(/C=C/C1CC2(CCO1)OC2C)=C\CC1OC(C)C(NC(=O)/C=C\C(C)O)CC1C. The molecule has 3 saturated heterocycles. The van der Waals surface area contributed by atoms with Gasteiger partial charge in [-0.25, -0.2) is 0 Å². The summed E-state index contributed by atoms with van der Waals surface area (Å²) < 4.78 is 17.9. The van der Waals surface area contributed by atoms with Crippen LogP contribution in [-0.2, 0) is 19.0 Å². The van der Waals surface area contributed by atoms with Gasteiger partial charge in [0.2, 0.25) is 5.91 Å². The first-order valence-electron chi connectivity index (χ1n) is 12.6. The molecule has 3 fully saturated rings. The van der Waals surface area contributed by atoms with E-state index in [4.69, 9.17) is 14.2 Å². The molecule has 0 bridgehead atoms. The van der Waals surface area contributed by atoms with Crippen LogP contribution in [0, 0.1) is 5.92 Å². The van der Waals surface area contributed by atoms with Crippen LogP contribution >= 0.6 is 0 Å². The highest BCUT2D eigenvalue weighted by Crippen LogP contribution is 2.46. The van der Waals surface area contributed by atoms with Crippen molar-refractivity contribution in [1.29, 1.82) is 0 Å². The van der Waals surface area contributed by atoms with Crippen molar-refractivity contribution in [2.24, 2.45) is 5.92 Å². The van der Waals surface area contributed by atoms with Gasteiger partial charge in [-0.05, 0) is 46.5 Å². The quantitative estimate of drug-likeness (QED) is 0.331. The molecule has 1 amide bonds. The third-order valence-corrected chi connectivity index (χ3v) is 6.82. The zero-order valence-corrected chi connectivity index (χ0v) is 21.5. The fourth-order valence-electron chi connectivity index (χ4n) is 4.60. The van der Waals surface area contributed by atoms with E-state index < -0.39 is 6.10 Å². The van der Waals surface area contributed by atoms with Crippen molar-refractivity contribution in [1.82, 2.24) is 5.32 Å². The number of rotatable bonds is 7. The van der Waals surface area contributed by atoms with E-state index in [0.29, 0.717) is 12.0 Å². The maximum Gasteiger partial charge on any atom is 0.244 e. The van der Waals surface area contributed by atoms with Crippen LogP contribution in [-0.4, -0.2) is 59.8 Å². The van der Waals surface area contributed by atoms with E-state index in [9.17, 15) is 9.90 Å². The Balaban J connectivity index is 0.00000187. The van der Waals surface area contributed by atoms with Gasteiger partial charge in [0.25, 0.3) is 0 Å². The largest absolute Gasteiger partial charge is 0.389 e. The summed E-state index contributed by atoms with van der Waals surface area (Å²) in [4.78, 5) is 12.0. The molecule has 8 atom stereocenters. The number of aliphatic hydroxyl groups is 1. The number of carbonyl (C=O) groups excluding carboxylic acids is 1. The number of epoxide rings is 1. The van der Waals surface area contributed by atoms with Gasteiger partial charge in [-0.15, -0.1) is 0 Å². The average Bonchev–Trinajstić information content (AvgIpc) is 3.40. The Bertz CT molecular complexity index is 715. The molecule has 0 aliphatic carbocycles. The van der Waals surface area contributed by atoms with Crippen LogP contribution in [0.5, 0.6) is 0 Å². The van der Waals surface area contributed by atoms with E-state index in [0.717, 1.165) is 32.3 Å². The monoisotopic (exact) mass is 463 g/mol. The van der Waals surface area contributed by atoms with Crippen molar-refractivity contribution >= 4 is 5.91 Å². The standard InChI is InChI=1S/C25H39NO5.C2H6/c1-16(6-9-21-15-25(12-13-29-21)20(5)31-25)7-10-23-17(2)14-22(19(4)30-23)26-24(28)11-8-18(3)27;1-2/h6-9,11,17-23,27H,10,12-15H2,1-5H3,(H,26,28);1-2H3/b9-6+,11-8-,16-7+;. The normalized spacial score (nSPS) is 37.6. The van der Waals surface area contributed by atoms with Crippen molar-refractivity contribution in [2.45, 2.75) is 116 Å². The predicted molar refractivity (Wildman–Crippen MR) is 132 cm³/mol. The highest BCUT2D eigenvalue weighted by Gasteiger charge is 2.55. The van der Waals surface area contributed by atoms with Gasteiger partial charge < -0.3 is 24.6 Å². The Hall–Kier alpha value is -1.47. The molecule has 0 aromatic carbocycles. The molecule has 0 radical (unpaired) electrons. The summed E-state index contributed by atoms with van der Waals surface area (Å²) in [5.41, 5.74) is 1.26. The van der Waals surface area contributed by atoms with Gasteiger partial charge in [0.05, 0.1) is 48.8 Å². The Morgan fingerprint density at radius 3 is 2.58 bits per heavy atom. The molecular formula is C27H45NO5. The molecule has 0 aromatic heterocycles. The van der Waals surface area contributed by atoms with Gasteiger partial charge in [-0.3, -0.25) is 4.79 Å². The highest BCUT2D eigenvalue weighted by atomic mass is 16.6. The zero-order valence-electron chi connectivity index (χ0n) is 21.5. The maximum atomic E-state index is 12.0. The van der Waals surface area contributed by atoms with Crippen LogP contribution in [0.3, 0.4) is 0 Å². The van der Waals surface area contributed by atoms with E-state index in [1.54, 1.807) is 6.92 Å². The van der Waals surface area contributed by atoms with E-state index in [1.807, 2.05) is 20.8 Å². The van der Waals surface area contributed by atoms with Crippen LogP contribution in [0.15, 0.2) is 36.0 Å². The minimum absolute atomic E-state index is 0.0230. The number of amides is 1. The summed E-state index contributed by atoms with van der Waals surface area (Å²) in [5.74, 6) is 0.149. The van der Waals surface area contributed by atoms with E-state index in [-0.39, 0.29) is 35.9 Å². The van der Waals surface area contributed by atoms with Gasteiger partial charge in [0.15, 0.2) is 0 Å². The predicted octanol–water partition coefficient (Wildman–Crippen LogP) is 4.48. The van der Waals surface area contributed by atoms with Gasteiger partial charge in [0.1, 0.15) is 0 Å². The molecule has 3 rings (SSSR count). The molecule has 3 aliphatic rings. The second kappa shape index (κ2) is 12.8. The topological polar surface area (TPSA) is 80.3 Å². The Morgan fingerprint density at radius 2 is 1.94 bits per heavy atom. The Kier molecular flexibility index (Phi) is 10.8. The first-order chi connectivity index (χ1) is 15.7. The lowest BCUT2D eigenvalue weighted by Crippen LogP contribution is -2.50. The van der Waals surface area contributed by atoms with Crippen molar-refractivity contribution in [3.8, 4) is 0 Å². The van der Waals surface area contributed by atoms with Gasteiger partial charge in [0, 0.05) is 18.9 Å². The Morgan fingerprint density at radius 1 is 1.24 bits per heavy atom. The van der Waals surface area contributed by atoms with Crippen LogP contribution in [0.2, 0.25) is 0 Å². The van der Waals surface area contributed by atoms with Crippen molar-refractivity contribution < 1.29 is 24.1 Å². The lowest BCUT2D eigenvalue weighted by molar-refractivity contribution is -0.123. The highest BCUT2D eigenvalue weighted by molar-refractivity contribution is 5.87. The number of ether oxygens (including phenoxy) is 3. The lowest BCUT2D eigenvalue weighted by Gasteiger charge is -2.39. The molecule has 3 heterocycles. The molecule has 8 unspecified atom stereocenters. The van der Waals surface area contributed by atoms with E-state index in [1.165, 1.54) is 17.7 Å². The van der Waals surface area contributed by atoms with Gasteiger partial charge in [-0.1, -0.05) is 50.6 Å². The van der Waals surface area contributed by atoms with Crippen molar-refractivity contribution in [3.63, 3.8) is 0 Å². The molecule has 0 aromatic rings. The van der Waals surface area contributed by atoms with Gasteiger partial charge >= 0.3 is 0 Å². The third kappa shape index (κ3) is 8.36. The summed E-state index contributed by atoms with van der Waals surface area (Å²) in [6, 6.07) is -0.0230. The third-order valence-electron chi connectivity index (χ3n) is 6.82. The number of carbonyl (C=O) groups is 1. The second-order valence-electron chi connectivity index (χ2n) is 9.54. The molecule has 6 nitrogen and oxygen atoms in total.